The summed E-state index contributed by atoms with van der Waals surface area (Å²) in [7, 11) is 0. The minimum atomic E-state index is -1.08. The zero-order valence-electron chi connectivity index (χ0n) is 10.8. The maximum Gasteiger partial charge on any atom is 0.339 e. The largest absolute Gasteiger partial charge is 0.479 e. The molecule has 1 N–H and O–H groups in total. The molecule has 0 fully saturated rings. The second kappa shape index (κ2) is 6.32. The van der Waals surface area contributed by atoms with Crippen molar-refractivity contribution >= 4 is 41.3 Å². The van der Waals surface area contributed by atoms with Crippen LogP contribution < -0.4 is 0 Å². The highest BCUT2D eigenvalue weighted by Gasteiger charge is 2.39. The molecule has 1 aromatic rings. The van der Waals surface area contributed by atoms with Gasteiger partial charge in [-0.05, 0) is 0 Å². The third-order valence-electron chi connectivity index (χ3n) is 2.80. The molecule has 0 radical (unpaired) electrons. The van der Waals surface area contributed by atoms with Crippen molar-refractivity contribution in [3.05, 3.63) is 35.9 Å². The monoisotopic (exact) mass is 310 g/mol. The zero-order chi connectivity index (χ0) is 14.7. The Kier molecular flexibility index (Phi) is 4.72. The van der Waals surface area contributed by atoms with E-state index in [1.807, 2.05) is 30.3 Å². The van der Waals surface area contributed by atoms with Gasteiger partial charge in [-0.2, -0.15) is 17.7 Å². The molecule has 0 spiro atoms. The van der Waals surface area contributed by atoms with Gasteiger partial charge in [0.1, 0.15) is 5.04 Å². The molecule has 20 heavy (non-hydrogen) atoms. The number of thioether (sulfide) groups is 1. The number of rotatable bonds is 4. The number of carboxylic acids is 1. The maximum absolute atomic E-state index is 12.2. The number of carboxylic acid groups (broad SMARTS) is 1. The number of hydrogen-bond acceptors (Lipinski definition) is 5. The number of benzene rings is 1. The fourth-order valence-corrected chi connectivity index (χ4v) is 2.79. The van der Waals surface area contributed by atoms with E-state index in [0.29, 0.717) is 10.8 Å². The molecule has 1 aromatic carbocycles. The Morgan fingerprint density at radius 2 is 2.10 bits per heavy atom. The number of aliphatic carboxylic acids is 1. The summed E-state index contributed by atoms with van der Waals surface area (Å²) in [6.07, 6.45) is 0. The molecule has 106 valence electrons. The molecule has 1 aliphatic rings. The lowest BCUT2D eigenvalue weighted by Gasteiger charge is -2.19. The van der Waals surface area contributed by atoms with Crippen LogP contribution in [0.3, 0.4) is 0 Å². The lowest BCUT2D eigenvalue weighted by Crippen LogP contribution is -2.39. The van der Waals surface area contributed by atoms with Crippen molar-refractivity contribution < 1.29 is 14.7 Å². The zero-order valence-corrected chi connectivity index (χ0v) is 12.5. The van der Waals surface area contributed by atoms with Crippen LogP contribution in [0.15, 0.2) is 35.4 Å². The summed E-state index contributed by atoms with van der Waals surface area (Å²) < 4.78 is 0. The first-order chi connectivity index (χ1) is 9.54. The van der Waals surface area contributed by atoms with Gasteiger partial charge in [-0.1, -0.05) is 49.0 Å². The normalized spacial score (nSPS) is 19.6. The lowest BCUT2D eigenvalue weighted by molar-refractivity contribution is -0.147. The second-order valence-corrected chi connectivity index (χ2v) is 5.78. The van der Waals surface area contributed by atoms with Gasteiger partial charge < -0.3 is 5.11 Å². The topological polar surface area (TPSA) is 70.0 Å². The van der Waals surface area contributed by atoms with E-state index in [-0.39, 0.29) is 11.8 Å². The summed E-state index contributed by atoms with van der Waals surface area (Å²) in [6.45, 7) is 1.70. The minimum Gasteiger partial charge on any atom is -0.479 e. The Morgan fingerprint density at radius 3 is 2.65 bits per heavy atom. The van der Waals surface area contributed by atoms with Gasteiger partial charge in [0.05, 0.1) is 0 Å². The molecule has 2 atom stereocenters. The van der Waals surface area contributed by atoms with E-state index in [1.165, 1.54) is 0 Å². The molecule has 1 aliphatic heterocycles. The van der Waals surface area contributed by atoms with Gasteiger partial charge in [0.25, 0.3) is 0 Å². The molecule has 7 heteroatoms. The number of carbonyl (C=O) groups is 2. The van der Waals surface area contributed by atoms with E-state index in [0.717, 1.165) is 22.3 Å². The van der Waals surface area contributed by atoms with Crippen LogP contribution in [0.4, 0.5) is 0 Å². The first-order valence-corrected chi connectivity index (χ1v) is 7.53. The molecular formula is C13H14N2O3S2. The molecule has 0 unspecified atom stereocenters. The van der Waals surface area contributed by atoms with Crippen LogP contribution in [0.1, 0.15) is 12.5 Å². The minimum absolute atomic E-state index is 0.328. The van der Waals surface area contributed by atoms with Crippen molar-refractivity contribution in [2.75, 3.05) is 5.75 Å². The van der Waals surface area contributed by atoms with Gasteiger partial charge in [-0.3, -0.25) is 4.79 Å². The predicted octanol–water partition coefficient (Wildman–Crippen LogP) is 1.90. The molecule has 0 aliphatic carbocycles. The summed E-state index contributed by atoms with van der Waals surface area (Å²) in [6, 6.07) is 9.22. The molecule has 1 heterocycles. The molecular weight excluding hydrogens is 296 g/mol. The Morgan fingerprint density at radius 1 is 1.45 bits per heavy atom. The first-order valence-electron chi connectivity index (χ1n) is 6.02. The smallest absolute Gasteiger partial charge is 0.339 e. The predicted molar refractivity (Wildman–Crippen MR) is 81.9 cm³/mol. The first kappa shape index (κ1) is 14.9. The number of carbonyl (C=O) groups excluding carboxylic acids is 1. The van der Waals surface area contributed by atoms with E-state index < -0.39 is 11.3 Å². The molecule has 5 nitrogen and oxygen atoms in total. The van der Waals surface area contributed by atoms with Crippen LogP contribution in [0, 0.1) is 5.92 Å². The van der Waals surface area contributed by atoms with Crippen molar-refractivity contribution in [1.29, 1.82) is 0 Å². The maximum atomic E-state index is 12.2. The Bertz CT molecular complexity index is 548. The van der Waals surface area contributed by atoms with Crippen LogP contribution in [0.5, 0.6) is 0 Å². The molecule has 0 bridgehead atoms. The quantitative estimate of drug-likeness (QED) is 0.833. The van der Waals surface area contributed by atoms with Crippen molar-refractivity contribution in [1.82, 2.24) is 5.01 Å². The van der Waals surface area contributed by atoms with Gasteiger partial charge in [0, 0.05) is 17.2 Å². The summed E-state index contributed by atoms with van der Waals surface area (Å²) in [5, 5.41) is 14.0. The standard InChI is InChI=1S/C13H14N2O3S2/c1-8(7-19)11(16)15-12(13(17)18)20-10(14-15)9-5-3-2-4-6-9/h2-6,8,12,19H,7H2,1H3,(H,17,18)/t8-,12+/m1/s1. The summed E-state index contributed by atoms with van der Waals surface area (Å²) in [4.78, 5) is 23.5. The fraction of sp³-hybridized carbons (Fsp3) is 0.308. The number of hydrazone groups is 1. The molecule has 2 rings (SSSR count). The van der Waals surface area contributed by atoms with Crippen LogP contribution in [-0.2, 0) is 9.59 Å². The van der Waals surface area contributed by atoms with Gasteiger partial charge in [0.15, 0.2) is 0 Å². The van der Waals surface area contributed by atoms with Crippen LogP contribution in [0.2, 0.25) is 0 Å². The average molecular weight is 310 g/mol. The van der Waals surface area contributed by atoms with Gasteiger partial charge in [-0.15, -0.1) is 0 Å². The van der Waals surface area contributed by atoms with Gasteiger partial charge >= 0.3 is 5.97 Å². The average Bonchev–Trinajstić information content (AvgIpc) is 2.92. The SMILES string of the molecule is C[C@H](CS)C(=O)N1N=C(c2ccccc2)S[C@H]1C(=O)O. The van der Waals surface area contributed by atoms with Crippen molar-refractivity contribution in [2.24, 2.45) is 11.0 Å². The van der Waals surface area contributed by atoms with Crippen molar-refractivity contribution in [3.8, 4) is 0 Å². The summed E-state index contributed by atoms with van der Waals surface area (Å²) >= 11 is 5.14. The number of amides is 1. The molecule has 1 amide bonds. The van der Waals surface area contributed by atoms with E-state index in [2.05, 4.69) is 17.7 Å². The Hall–Kier alpha value is -1.47. The van der Waals surface area contributed by atoms with E-state index in [1.54, 1.807) is 6.92 Å². The summed E-state index contributed by atoms with van der Waals surface area (Å²) in [5.41, 5.74) is 0.803. The van der Waals surface area contributed by atoms with Crippen molar-refractivity contribution in [2.45, 2.75) is 12.3 Å². The number of hydrogen-bond donors (Lipinski definition) is 2. The van der Waals surface area contributed by atoms with Gasteiger partial charge in [0.2, 0.25) is 11.3 Å². The lowest BCUT2D eigenvalue weighted by atomic mass is 10.2. The number of nitrogens with zero attached hydrogens (tertiary/aromatic N) is 2. The Balaban J connectivity index is 2.30. The summed E-state index contributed by atoms with van der Waals surface area (Å²) in [5.74, 6) is -1.43. The highest BCUT2D eigenvalue weighted by atomic mass is 32.2. The molecule has 0 saturated carbocycles. The van der Waals surface area contributed by atoms with E-state index in [9.17, 15) is 14.7 Å². The molecule has 0 aromatic heterocycles. The van der Waals surface area contributed by atoms with Crippen molar-refractivity contribution in [3.63, 3.8) is 0 Å². The third-order valence-corrected chi connectivity index (χ3v) is 4.51. The van der Waals surface area contributed by atoms with Crippen LogP contribution in [0.25, 0.3) is 0 Å². The third kappa shape index (κ3) is 2.99. The highest BCUT2D eigenvalue weighted by molar-refractivity contribution is 8.15. The van der Waals surface area contributed by atoms with E-state index in [4.69, 9.17) is 0 Å². The fourth-order valence-electron chi connectivity index (χ4n) is 1.66. The molecule has 0 saturated heterocycles. The number of thiol groups is 1. The highest BCUT2D eigenvalue weighted by Crippen LogP contribution is 2.31. The van der Waals surface area contributed by atoms with E-state index >= 15 is 0 Å². The van der Waals surface area contributed by atoms with Crippen LogP contribution in [-0.4, -0.2) is 38.2 Å². The second-order valence-electron chi connectivity index (χ2n) is 4.35. The van der Waals surface area contributed by atoms with Gasteiger partial charge in [-0.25, -0.2) is 9.80 Å². The Labute approximate surface area is 126 Å². The van der Waals surface area contributed by atoms with Crippen LogP contribution >= 0.6 is 24.4 Å².